The SMILES string of the molecule is CCOC(=O)c1ccc(N=C2SC(=Cc3ccc(OCc4ccc(C)cc4)c(Br)c3)C(=O)N2C)cc1. The van der Waals surface area contributed by atoms with Crippen LogP contribution in [0.25, 0.3) is 6.08 Å². The van der Waals surface area contributed by atoms with Crippen LogP contribution in [0.15, 0.2) is 81.1 Å². The Balaban J connectivity index is 1.45. The highest BCUT2D eigenvalue weighted by molar-refractivity contribution is 9.10. The van der Waals surface area contributed by atoms with Crippen molar-refractivity contribution in [1.29, 1.82) is 0 Å². The molecule has 0 atom stereocenters. The lowest BCUT2D eigenvalue weighted by atomic mass is 10.1. The normalized spacial score (nSPS) is 15.6. The van der Waals surface area contributed by atoms with Gasteiger partial charge in [0.1, 0.15) is 12.4 Å². The molecule has 0 radical (unpaired) electrons. The minimum Gasteiger partial charge on any atom is -0.488 e. The number of ether oxygens (including phenoxy) is 2. The lowest BCUT2D eigenvalue weighted by molar-refractivity contribution is -0.121. The summed E-state index contributed by atoms with van der Waals surface area (Å²) in [4.78, 5) is 31.3. The Morgan fingerprint density at radius 3 is 2.47 bits per heavy atom. The van der Waals surface area contributed by atoms with E-state index >= 15 is 0 Å². The van der Waals surface area contributed by atoms with Crippen LogP contribution in [0.2, 0.25) is 0 Å². The minimum atomic E-state index is -0.373. The van der Waals surface area contributed by atoms with E-state index in [4.69, 9.17) is 9.47 Å². The van der Waals surface area contributed by atoms with E-state index in [2.05, 4.69) is 52.1 Å². The van der Waals surface area contributed by atoms with Gasteiger partial charge in [-0.15, -0.1) is 0 Å². The number of aliphatic imine (C=N–C) groups is 1. The topological polar surface area (TPSA) is 68.2 Å². The first-order chi connectivity index (χ1) is 17.3. The Hall–Kier alpha value is -3.36. The fraction of sp³-hybridized carbons (Fsp3) is 0.179. The van der Waals surface area contributed by atoms with E-state index < -0.39 is 0 Å². The average molecular weight is 565 g/mol. The molecule has 1 aliphatic rings. The Morgan fingerprint density at radius 2 is 1.81 bits per heavy atom. The van der Waals surface area contributed by atoms with E-state index in [9.17, 15) is 9.59 Å². The van der Waals surface area contributed by atoms with Crippen molar-refractivity contribution in [2.45, 2.75) is 20.5 Å². The second-order valence-corrected chi connectivity index (χ2v) is 9.96. The average Bonchev–Trinajstić information content (AvgIpc) is 3.12. The fourth-order valence-corrected chi connectivity index (χ4v) is 4.87. The quantitative estimate of drug-likeness (QED) is 0.234. The van der Waals surface area contributed by atoms with Crippen molar-refractivity contribution in [2.75, 3.05) is 13.7 Å². The van der Waals surface area contributed by atoms with Gasteiger partial charge in [0, 0.05) is 7.05 Å². The maximum absolute atomic E-state index is 12.8. The predicted octanol–water partition coefficient (Wildman–Crippen LogP) is 6.75. The van der Waals surface area contributed by atoms with Crippen LogP contribution in [0.3, 0.4) is 0 Å². The first kappa shape index (κ1) is 25.7. The van der Waals surface area contributed by atoms with E-state index in [-0.39, 0.29) is 11.9 Å². The zero-order chi connectivity index (χ0) is 25.7. The number of likely N-dealkylation sites (N-methyl/N-ethyl adjacent to an activating group) is 1. The molecule has 1 saturated heterocycles. The number of amidine groups is 1. The van der Waals surface area contributed by atoms with Gasteiger partial charge >= 0.3 is 5.97 Å². The molecule has 0 aromatic heterocycles. The third kappa shape index (κ3) is 6.25. The molecule has 3 aromatic carbocycles. The van der Waals surface area contributed by atoms with Crippen LogP contribution >= 0.6 is 27.7 Å². The molecule has 0 bridgehead atoms. The summed E-state index contributed by atoms with van der Waals surface area (Å²) in [6.45, 7) is 4.61. The summed E-state index contributed by atoms with van der Waals surface area (Å²) in [6, 6.07) is 20.7. The molecule has 4 rings (SSSR count). The largest absolute Gasteiger partial charge is 0.488 e. The van der Waals surface area contributed by atoms with Gasteiger partial charge in [-0.05, 0) is 95.1 Å². The van der Waals surface area contributed by atoms with Crippen LogP contribution in [0, 0.1) is 6.92 Å². The van der Waals surface area contributed by atoms with Crippen molar-refractivity contribution in [3.05, 3.63) is 98.4 Å². The van der Waals surface area contributed by atoms with Crippen LogP contribution in [0.5, 0.6) is 5.75 Å². The maximum atomic E-state index is 12.8. The summed E-state index contributed by atoms with van der Waals surface area (Å²) in [5.41, 5.74) is 4.28. The van der Waals surface area contributed by atoms with Crippen molar-refractivity contribution >= 4 is 56.5 Å². The third-order valence-corrected chi connectivity index (χ3v) is 7.06. The van der Waals surface area contributed by atoms with E-state index in [1.807, 2.05) is 24.3 Å². The Kier molecular flexibility index (Phi) is 8.28. The number of amides is 1. The molecule has 8 heteroatoms. The number of benzene rings is 3. The van der Waals surface area contributed by atoms with Gasteiger partial charge in [0.15, 0.2) is 5.17 Å². The van der Waals surface area contributed by atoms with Gasteiger partial charge in [-0.25, -0.2) is 9.79 Å². The van der Waals surface area contributed by atoms with Gasteiger partial charge in [-0.3, -0.25) is 9.69 Å². The Bertz CT molecular complexity index is 1330. The molecular formula is C28H25BrN2O4S. The standard InChI is InChI=1S/C28H25BrN2O4S/c1-4-34-27(33)21-10-12-22(13-11-21)30-28-31(3)26(32)25(36-28)16-20-9-14-24(23(29)15-20)35-17-19-7-5-18(2)6-8-19/h5-16H,4,17H2,1-3H3. The zero-order valence-corrected chi connectivity index (χ0v) is 22.6. The highest BCUT2D eigenvalue weighted by Gasteiger charge is 2.30. The first-order valence-electron chi connectivity index (χ1n) is 11.4. The second-order valence-electron chi connectivity index (χ2n) is 8.10. The molecule has 0 aliphatic carbocycles. The molecule has 1 heterocycles. The van der Waals surface area contributed by atoms with Gasteiger partial charge < -0.3 is 9.47 Å². The second kappa shape index (κ2) is 11.6. The van der Waals surface area contributed by atoms with E-state index in [0.29, 0.717) is 34.5 Å². The number of nitrogens with zero attached hydrogens (tertiary/aromatic N) is 2. The highest BCUT2D eigenvalue weighted by atomic mass is 79.9. The number of hydrogen-bond acceptors (Lipinski definition) is 6. The van der Waals surface area contributed by atoms with Crippen LogP contribution in [-0.4, -0.2) is 35.6 Å². The Labute approximate surface area is 223 Å². The van der Waals surface area contributed by atoms with E-state index in [1.54, 1.807) is 38.2 Å². The number of carbonyl (C=O) groups excluding carboxylic acids is 2. The molecule has 1 fully saturated rings. The molecule has 1 amide bonds. The summed E-state index contributed by atoms with van der Waals surface area (Å²) < 4.78 is 11.8. The number of aryl methyl sites for hydroxylation is 1. The molecule has 184 valence electrons. The molecular weight excluding hydrogens is 540 g/mol. The van der Waals surface area contributed by atoms with Crippen LogP contribution in [-0.2, 0) is 16.1 Å². The van der Waals surface area contributed by atoms with Crippen molar-refractivity contribution in [1.82, 2.24) is 4.90 Å². The molecule has 1 aliphatic heterocycles. The zero-order valence-electron chi connectivity index (χ0n) is 20.2. The van der Waals surface area contributed by atoms with Gasteiger partial charge in [-0.1, -0.05) is 35.9 Å². The number of thioether (sulfide) groups is 1. The lowest BCUT2D eigenvalue weighted by Crippen LogP contribution is -2.23. The van der Waals surface area contributed by atoms with Crippen LogP contribution in [0.4, 0.5) is 5.69 Å². The molecule has 0 spiro atoms. The number of carbonyl (C=O) groups is 2. The van der Waals surface area contributed by atoms with E-state index in [0.717, 1.165) is 21.3 Å². The Morgan fingerprint density at radius 1 is 1.08 bits per heavy atom. The van der Waals surface area contributed by atoms with Crippen molar-refractivity contribution in [3.63, 3.8) is 0 Å². The third-order valence-electron chi connectivity index (χ3n) is 5.38. The van der Waals surface area contributed by atoms with Gasteiger partial charge in [0.05, 0.1) is 27.2 Å². The molecule has 0 unspecified atom stereocenters. The molecule has 3 aromatic rings. The first-order valence-corrected chi connectivity index (χ1v) is 13.0. The smallest absolute Gasteiger partial charge is 0.338 e. The summed E-state index contributed by atoms with van der Waals surface area (Å²) in [5.74, 6) is 0.230. The predicted molar refractivity (Wildman–Crippen MR) is 147 cm³/mol. The van der Waals surface area contributed by atoms with Gasteiger partial charge in [-0.2, -0.15) is 0 Å². The highest BCUT2D eigenvalue weighted by Crippen LogP contribution is 2.34. The molecule has 36 heavy (non-hydrogen) atoms. The number of esters is 1. The van der Waals surface area contributed by atoms with Crippen LogP contribution in [0.1, 0.15) is 34.0 Å². The van der Waals surface area contributed by atoms with Gasteiger partial charge in [0.25, 0.3) is 5.91 Å². The van der Waals surface area contributed by atoms with Crippen LogP contribution < -0.4 is 4.74 Å². The fourth-order valence-electron chi connectivity index (χ4n) is 3.37. The van der Waals surface area contributed by atoms with Crippen molar-refractivity contribution < 1.29 is 19.1 Å². The van der Waals surface area contributed by atoms with Crippen molar-refractivity contribution in [3.8, 4) is 5.75 Å². The lowest BCUT2D eigenvalue weighted by Gasteiger charge is -2.09. The summed E-state index contributed by atoms with van der Waals surface area (Å²) in [6.07, 6.45) is 1.84. The summed E-state index contributed by atoms with van der Waals surface area (Å²) >= 11 is 4.88. The number of rotatable bonds is 7. The minimum absolute atomic E-state index is 0.127. The van der Waals surface area contributed by atoms with Crippen molar-refractivity contribution in [2.24, 2.45) is 4.99 Å². The molecule has 0 N–H and O–H groups in total. The monoisotopic (exact) mass is 564 g/mol. The number of hydrogen-bond donors (Lipinski definition) is 0. The van der Waals surface area contributed by atoms with E-state index in [1.165, 1.54) is 22.2 Å². The summed E-state index contributed by atoms with van der Waals surface area (Å²) in [7, 11) is 1.69. The maximum Gasteiger partial charge on any atom is 0.338 e. The molecule has 0 saturated carbocycles. The summed E-state index contributed by atoms with van der Waals surface area (Å²) in [5, 5.41) is 0.562. The van der Waals surface area contributed by atoms with Gasteiger partial charge in [0.2, 0.25) is 0 Å². The molecule has 6 nitrogen and oxygen atoms in total. The number of halogens is 1.